The molecule has 0 radical (unpaired) electrons. The summed E-state index contributed by atoms with van der Waals surface area (Å²) >= 11 is 10.3. The van der Waals surface area contributed by atoms with Gasteiger partial charge in [-0.05, 0) is 90.1 Å². The van der Waals surface area contributed by atoms with Crippen molar-refractivity contribution in [3.8, 4) is 5.75 Å². The predicted molar refractivity (Wildman–Crippen MR) is 150 cm³/mol. The van der Waals surface area contributed by atoms with Gasteiger partial charge in [0.25, 0.3) is 0 Å². The van der Waals surface area contributed by atoms with Gasteiger partial charge in [-0.15, -0.1) is 0 Å². The lowest BCUT2D eigenvalue weighted by atomic mass is 9.98. The highest BCUT2D eigenvalue weighted by Gasteiger charge is 2.25. The van der Waals surface area contributed by atoms with Gasteiger partial charge < -0.3 is 14.0 Å². The number of ether oxygens (including phenoxy) is 1. The van der Waals surface area contributed by atoms with Crippen LogP contribution in [0.5, 0.6) is 5.75 Å². The van der Waals surface area contributed by atoms with Gasteiger partial charge in [0.05, 0.1) is 22.8 Å². The van der Waals surface area contributed by atoms with Gasteiger partial charge in [-0.2, -0.15) is 0 Å². The van der Waals surface area contributed by atoms with Crippen molar-refractivity contribution < 1.29 is 9.53 Å². The molecule has 0 bridgehead atoms. The van der Waals surface area contributed by atoms with Crippen molar-refractivity contribution in [3.63, 3.8) is 0 Å². The summed E-state index contributed by atoms with van der Waals surface area (Å²) in [5.41, 5.74) is 3.22. The van der Waals surface area contributed by atoms with Crippen LogP contribution in [0.4, 0.5) is 0 Å². The summed E-state index contributed by atoms with van der Waals surface area (Å²) in [6.07, 6.45) is 7.79. The lowest BCUT2D eigenvalue weighted by Gasteiger charge is -2.22. The Bertz CT molecular complexity index is 1120. The molecule has 0 aliphatic heterocycles. The highest BCUT2D eigenvalue weighted by atomic mass is 79.9. The van der Waals surface area contributed by atoms with E-state index in [1.807, 2.05) is 40.9 Å². The van der Waals surface area contributed by atoms with Crippen molar-refractivity contribution in [2.24, 2.45) is 0 Å². The number of ketones is 1. The van der Waals surface area contributed by atoms with E-state index in [0.29, 0.717) is 28.6 Å². The van der Waals surface area contributed by atoms with Crippen LogP contribution in [0.15, 0.2) is 47.1 Å². The average molecular weight is 562 g/mol. The van der Waals surface area contributed by atoms with Crippen molar-refractivity contribution >= 4 is 38.8 Å². The topological polar surface area (TPSA) is 34.0 Å². The summed E-state index contributed by atoms with van der Waals surface area (Å²) in [5, 5.41) is 0.468. The van der Waals surface area contributed by atoms with Crippen molar-refractivity contribution in [2.75, 3.05) is 26.2 Å². The van der Waals surface area contributed by atoms with E-state index in [2.05, 4.69) is 48.5 Å². The first-order chi connectivity index (χ1) is 16.9. The van der Waals surface area contributed by atoms with Crippen molar-refractivity contribution in [1.29, 1.82) is 0 Å². The third-order valence-electron chi connectivity index (χ3n) is 6.34. The first kappa shape index (κ1) is 27.8. The third kappa shape index (κ3) is 6.90. The number of unbranched alkanes of at least 4 members (excludes halogenated alkanes) is 2. The fourth-order valence-corrected chi connectivity index (χ4v) is 5.62. The molecule has 0 aliphatic rings. The maximum absolute atomic E-state index is 13.6. The van der Waals surface area contributed by atoms with E-state index in [0.717, 1.165) is 41.6 Å². The van der Waals surface area contributed by atoms with Crippen molar-refractivity contribution in [3.05, 3.63) is 68.9 Å². The van der Waals surface area contributed by atoms with Gasteiger partial charge in [0, 0.05) is 22.8 Å². The molecular weight excluding hydrogens is 524 g/mol. The van der Waals surface area contributed by atoms with Crippen LogP contribution in [-0.4, -0.2) is 41.3 Å². The van der Waals surface area contributed by atoms with Crippen LogP contribution in [0.25, 0.3) is 5.52 Å². The molecule has 190 valence electrons. The van der Waals surface area contributed by atoms with Crippen LogP contribution in [0, 0.1) is 0 Å². The summed E-state index contributed by atoms with van der Waals surface area (Å²) in [6.45, 7) is 12.6. The van der Waals surface area contributed by atoms with Gasteiger partial charge in [-0.3, -0.25) is 4.79 Å². The highest BCUT2D eigenvalue weighted by Crippen LogP contribution is 2.36. The molecule has 6 heteroatoms. The third-order valence-corrected chi connectivity index (χ3v) is 7.46. The first-order valence-electron chi connectivity index (χ1n) is 12.9. The molecule has 0 N–H and O–H groups in total. The SMILES string of the molecule is CCCCN(CCCC)CCCOc1ccc(C(=O)c2c(C(C)C)c(Br)c3ccccn23)cc1Cl. The Morgan fingerprint density at radius 3 is 2.37 bits per heavy atom. The second-order valence-corrected chi connectivity index (χ2v) is 10.6. The second-order valence-electron chi connectivity index (χ2n) is 9.41. The lowest BCUT2D eigenvalue weighted by Crippen LogP contribution is -2.28. The maximum Gasteiger partial charge on any atom is 0.210 e. The number of hydrogen-bond donors (Lipinski definition) is 0. The van der Waals surface area contributed by atoms with Crippen LogP contribution in [-0.2, 0) is 0 Å². The van der Waals surface area contributed by atoms with Crippen LogP contribution in [0.1, 0.15) is 87.3 Å². The van der Waals surface area contributed by atoms with Crippen LogP contribution in [0.3, 0.4) is 0 Å². The number of nitrogens with zero attached hydrogens (tertiary/aromatic N) is 2. The zero-order chi connectivity index (χ0) is 25.4. The van der Waals surface area contributed by atoms with E-state index >= 15 is 0 Å². The van der Waals surface area contributed by atoms with Crippen LogP contribution < -0.4 is 4.74 Å². The largest absolute Gasteiger partial charge is 0.492 e. The van der Waals surface area contributed by atoms with Gasteiger partial charge in [0.2, 0.25) is 5.78 Å². The zero-order valence-corrected chi connectivity index (χ0v) is 23.8. The van der Waals surface area contributed by atoms with Crippen LogP contribution in [0.2, 0.25) is 5.02 Å². The molecule has 0 atom stereocenters. The molecule has 0 saturated carbocycles. The van der Waals surface area contributed by atoms with E-state index in [9.17, 15) is 4.79 Å². The van der Waals surface area contributed by atoms with Crippen molar-refractivity contribution in [2.45, 2.75) is 65.7 Å². The molecule has 0 saturated heterocycles. The predicted octanol–water partition coefficient (Wildman–Crippen LogP) is 8.38. The highest BCUT2D eigenvalue weighted by molar-refractivity contribution is 9.10. The second kappa shape index (κ2) is 13.5. The van der Waals surface area contributed by atoms with E-state index in [1.165, 1.54) is 25.7 Å². The Morgan fingerprint density at radius 2 is 1.74 bits per heavy atom. The Balaban J connectivity index is 1.70. The molecule has 0 spiro atoms. The van der Waals surface area contributed by atoms with Crippen LogP contribution >= 0.6 is 27.5 Å². The number of fused-ring (bicyclic) bond motifs is 1. The summed E-state index contributed by atoms with van der Waals surface area (Å²) in [7, 11) is 0. The number of halogens is 2. The molecule has 0 amide bonds. The van der Waals surface area contributed by atoms with Gasteiger partial charge in [0.1, 0.15) is 5.75 Å². The molecule has 0 fully saturated rings. The average Bonchev–Trinajstić information content (AvgIpc) is 3.16. The number of carbonyl (C=O) groups excluding carboxylic acids is 1. The minimum Gasteiger partial charge on any atom is -0.492 e. The standard InChI is InChI=1S/C29H38BrClN2O2/c1-5-7-15-32(16-8-6-2)17-11-19-35-25-14-13-22(20-23(25)31)29(34)28-26(21(3)4)27(30)24-12-9-10-18-33(24)28/h9-10,12-14,18,20-21H,5-8,11,15-17,19H2,1-4H3. The molecule has 0 aliphatic carbocycles. The number of rotatable bonds is 14. The lowest BCUT2D eigenvalue weighted by molar-refractivity contribution is 0.103. The Kier molecular flexibility index (Phi) is 10.7. The number of benzene rings is 1. The minimum absolute atomic E-state index is 0.0449. The van der Waals surface area contributed by atoms with E-state index in [1.54, 1.807) is 6.07 Å². The van der Waals surface area contributed by atoms with Gasteiger partial charge in [-0.25, -0.2) is 0 Å². The number of carbonyl (C=O) groups is 1. The Morgan fingerprint density at radius 1 is 1.06 bits per heavy atom. The molecule has 1 aromatic carbocycles. The van der Waals surface area contributed by atoms with Gasteiger partial charge >= 0.3 is 0 Å². The van der Waals surface area contributed by atoms with E-state index < -0.39 is 0 Å². The Labute approximate surface area is 223 Å². The monoisotopic (exact) mass is 560 g/mol. The number of pyridine rings is 1. The smallest absolute Gasteiger partial charge is 0.210 e. The molecular formula is C29H38BrClN2O2. The van der Waals surface area contributed by atoms with Gasteiger partial charge in [-0.1, -0.05) is 58.2 Å². The fraction of sp³-hybridized carbons (Fsp3) is 0.483. The minimum atomic E-state index is -0.0449. The van der Waals surface area contributed by atoms with E-state index in [-0.39, 0.29) is 11.7 Å². The molecule has 2 aromatic heterocycles. The summed E-state index contributed by atoms with van der Waals surface area (Å²) in [4.78, 5) is 16.2. The first-order valence-corrected chi connectivity index (χ1v) is 14.0. The summed E-state index contributed by atoms with van der Waals surface area (Å²) in [5.74, 6) is 0.772. The summed E-state index contributed by atoms with van der Waals surface area (Å²) < 4.78 is 8.92. The summed E-state index contributed by atoms with van der Waals surface area (Å²) in [6, 6.07) is 11.3. The number of aromatic nitrogens is 1. The molecule has 0 unspecified atom stereocenters. The van der Waals surface area contributed by atoms with E-state index in [4.69, 9.17) is 16.3 Å². The molecule has 3 aromatic rings. The molecule has 4 nitrogen and oxygen atoms in total. The molecule has 35 heavy (non-hydrogen) atoms. The zero-order valence-electron chi connectivity index (χ0n) is 21.4. The molecule has 3 rings (SSSR count). The quantitative estimate of drug-likeness (QED) is 0.146. The normalized spacial score (nSPS) is 11.7. The fourth-order valence-electron chi connectivity index (χ4n) is 4.41. The Hall–Kier alpha value is -1.82. The van der Waals surface area contributed by atoms with Crippen molar-refractivity contribution in [1.82, 2.24) is 9.30 Å². The maximum atomic E-state index is 13.6. The number of hydrogen-bond acceptors (Lipinski definition) is 3. The molecule has 2 heterocycles. The van der Waals surface area contributed by atoms with Gasteiger partial charge in [0.15, 0.2) is 0 Å².